The average Bonchev–Trinajstić information content (AvgIpc) is 3.06. The molecule has 0 aromatic carbocycles. The Hall–Kier alpha value is -1.18. The van der Waals surface area contributed by atoms with Gasteiger partial charge < -0.3 is 15.4 Å². The quantitative estimate of drug-likeness (QED) is 0.545. The van der Waals surface area contributed by atoms with Gasteiger partial charge in [-0.3, -0.25) is 9.89 Å². The molecule has 0 amide bonds. The summed E-state index contributed by atoms with van der Waals surface area (Å²) in [6.07, 6.45) is 2.40. The molecule has 1 unspecified atom stereocenters. The summed E-state index contributed by atoms with van der Waals surface area (Å²) in [7, 11) is 1.83. The lowest BCUT2D eigenvalue weighted by Crippen LogP contribution is -2.53. The number of rotatable bonds is 8. The SMILES string of the molecule is CCC(CC)C(CNC(=NC)NCc1scnc1C)N1CCOCC1. The highest BCUT2D eigenvalue weighted by Gasteiger charge is 2.27. The summed E-state index contributed by atoms with van der Waals surface area (Å²) >= 11 is 1.68. The van der Waals surface area contributed by atoms with E-state index in [1.165, 1.54) is 17.7 Å². The minimum Gasteiger partial charge on any atom is -0.379 e. The molecule has 0 aliphatic carbocycles. The number of nitrogens with zero attached hydrogens (tertiary/aromatic N) is 3. The van der Waals surface area contributed by atoms with Gasteiger partial charge in [0.05, 0.1) is 31.0 Å². The number of aliphatic imine (C=N–C) groups is 1. The van der Waals surface area contributed by atoms with Crippen LogP contribution in [0.5, 0.6) is 0 Å². The second-order valence-corrected chi connectivity index (χ2v) is 7.40. The summed E-state index contributed by atoms with van der Waals surface area (Å²) in [6, 6.07) is 0.516. The molecule has 1 aliphatic heterocycles. The van der Waals surface area contributed by atoms with Crippen LogP contribution in [0.15, 0.2) is 10.5 Å². The molecule has 6 nitrogen and oxygen atoms in total. The van der Waals surface area contributed by atoms with Crippen molar-refractivity contribution in [3.63, 3.8) is 0 Å². The molecule has 1 saturated heterocycles. The van der Waals surface area contributed by atoms with Crippen LogP contribution in [0, 0.1) is 12.8 Å². The topological polar surface area (TPSA) is 61.8 Å². The summed E-state index contributed by atoms with van der Waals surface area (Å²) in [4.78, 5) is 12.5. The molecule has 0 spiro atoms. The number of morpholine rings is 1. The molecule has 0 radical (unpaired) electrons. The van der Waals surface area contributed by atoms with Gasteiger partial charge in [0.1, 0.15) is 0 Å². The molecule has 2 heterocycles. The fraction of sp³-hybridized carbons (Fsp3) is 0.778. The molecule has 1 fully saturated rings. The number of aromatic nitrogens is 1. The number of aryl methyl sites for hydroxylation is 1. The minimum absolute atomic E-state index is 0.516. The van der Waals surface area contributed by atoms with Crippen molar-refractivity contribution in [2.75, 3.05) is 39.9 Å². The zero-order valence-electron chi connectivity index (χ0n) is 16.0. The molecular weight excluding hydrogens is 334 g/mol. The number of nitrogens with one attached hydrogen (secondary N) is 2. The molecule has 142 valence electrons. The standard InChI is InChI=1S/C18H33N5OS/c1-5-15(6-2)16(23-7-9-24-10-8-23)11-20-18(19-4)21-12-17-14(3)22-13-25-17/h13,15-16H,5-12H2,1-4H3,(H2,19,20,21). The van der Waals surface area contributed by atoms with Crippen molar-refractivity contribution < 1.29 is 4.74 Å². The fourth-order valence-corrected chi connectivity index (χ4v) is 4.13. The maximum Gasteiger partial charge on any atom is 0.191 e. The highest BCUT2D eigenvalue weighted by atomic mass is 32.1. The lowest BCUT2D eigenvalue weighted by atomic mass is 9.92. The average molecular weight is 368 g/mol. The van der Waals surface area contributed by atoms with E-state index in [-0.39, 0.29) is 0 Å². The Balaban J connectivity index is 1.91. The van der Waals surface area contributed by atoms with E-state index in [4.69, 9.17) is 4.74 Å². The first-order valence-electron chi connectivity index (χ1n) is 9.34. The van der Waals surface area contributed by atoms with Crippen molar-refractivity contribution in [3.8, 4) is 0 Å². The van der Waals surface area contributed by atoms with Gasteiger partial charge in [0.15, 0.2) is 5.96 Å². The molecule has 2 N–H and O–H groups in total. The zero-order valence-corrected chi connectivity index (χ0v) is 16.9. The Bertz CT molecular complexity index is 523. The van der Waals surface area contributed by atoms with Crippen LogP contribution in [0.3, 0.4) is 0 Å². The number of guanidine groups is 1. The molecule has 7 heteroatoms. The van der Waals surface area contributed by atoms with E-state index in [1.807, 2.05) is 19.5 Å². The van der Waals surface area contributed by atoms with Crippen molar-refractivity contribution in [3.05, 3.63) is 16.1 Å². The Labute approximate surface area is 156 Å². The zero-order chi connectivity index (χ0) is 18.1. The first-order chi connectivity index (χ1) is 12.2. The van der Waals surface area contributed by atoms with Gasteiger partial charge in [-0.2, -0.15) is 0 Å². The van der Waals surface area contributed by atoms with Gasteiger partial charge in [-0.05, 0) is 12.8 Å². The van der Waals surface area contributed by atoms with Gasteiger partial charge in [-0.1, -0.05) is 26.7 Å². The van der Waals surface area contributed by atoms with Crippen LogP contribution < -0.4 is 10.6 Å². The van der Waals surface area contributed by atoms with E-state index in [9.17, 15) is 0 Å². The fourth-order valence-electron chi connectivity index (χ4n) is 3.42. The largest absolute Gasteiger partial charge is 0.379 e. The Morgan fingerprint density at radius 3 is 2.60 bits per heavy atom. The van der Waals surface area contributed by atoms with E-state index in [2.05, 4.69) is 39.4 Å². The van der Waals surface area contributed by atoms with Gasteiger partial charge in [-0.15, -0.1) is 11.3 Å². The lowest BCUT2D eigenvalue weighted by Gasteiger charge is -2.39. The summed E-state index contributed by atoms with van der Waals surface area (Å²) in [5.41, 5.74) is 2.99. The second kappa shape index (κ2) is 10.7. The maximum atomic E-state index is 5.53. The van der Waals surface area contributed by atoms with Gasteiger partial charge in [0.2, 0.25) is 0 Å². The molecule has 1 aromatic heterocycles. The van der Waals surface area contributed by atoms with Crippen molar-refractivity contribution in [2.45, 2.75) is 46.2 Å². The molecule has 0 saturated carbocycles. The van der Waals surface area contributed by atoms with Crippen LogP contribution in [-0.4, -0.2) is 61.8 Å². The Morgan fingerprint density at radius 1 is 1.32 bits per heavy atom. The Morgan fingerprint density at radius 2 is 2.04 bits per heavy atom. The van der Waals surface area contributed by atoms with Crippen LogP contribution in [0.25, 0.3) is 0 Å². The molecular formula is C18H33N5OS. The highest BCUT2D eigenvalue weighted by Crippen LogP contribution is 2.19. The van der Waals surface area contributed by atoms with Crippen LogP contribution >= 0.6 is 11.3 Å². The van der Waals surface area contributed by atoms with E-state index in [1.54, 1.807) is 11.3 Å². The molecule has 1 aliphatic rings. The molecule has 0 bridgehead atoms. The normalized spacial score (nSPS) is 17.7. The van der Waals surface area contributed by atoms with E-state index in [0.717, 1.165) is 51.0 Å². The van der Waals surface area contributed by atoms with Crippen molar-refractivity contribution in [1.82, 2.24) is 20.5 Å². The number of ether oxygens (including phenoxy) is 1. The summed E-state index contributed by atoms with van der Waals surface area (Å²) in [5.74, 6) is 1.55. The third-order valence-corrected chi connectivity index (χ3v) is 6.01. The van der Waals surface area contributed by atoms with Crippen LogP contribution in [0.1, 0.15) is 37.3 Å². The van der Waals surface area contributed by atoms with Gasteiger partial charge in [-0.25, -0.2) is 4.98 Å². The van der Waals surface area contributed by atoms with E-state index >= 15 is 0 Å². The second-order valence-electron chi connectivity index (χ2n) is 6.46. The smallest absolute Gasteiger partial charge is 0.191 e. The maximum absolute atomic E-state index is 5.53. The van der Waals surface area contributed by atoms with Gasteiger partial charge in [0, 0.05) is 37.6 Å². The third kappa shape index (κ3) is 5.94. The first kappa shape index (κ1) is 20.1. The van der Waals surface area contributed by atoms with Gasteiger partial charge >= 0.3 is 0 Å². The van der Waals surface area contributed by atoms with E-state index in [0.29, 0.717) is 12.0 Å². The molecule has 25 heavy (non-hydrogen) atoms. The van der Waals surface area contributed by atoms with Crippen molar-refractivity contribution >= 4 is 17.3 Å². The highest BCUT2D eigenvalue weighted by molar-refractivity contribution is 7.09. The summed E-state index contributed by atoms with van der Waals surface area (Å²) < 4.78 is 5.53. The third-order valence-electron chi connectivity index (χ3n) is 5.07. The number of hydrogen-bond donors (Lipinski definition) is 2. The van der Waals surface area contributed by atoms with Crippen molar-refractivity contribution in [2.24, 2.45) is 10.9 Å². The molecule has 2 rings (SSSR count). The number of thiazole rings is 1. The lowest BCUT2D eigenvalue weighted by molar-refractivity contribution is 0.00272. The minimum atomic E-state index is 0.516. The van der Waals surface area contributed by atoms with E-state index < -0.39 is 0 Å². The predicted octanol–water partition coefficient (Wildman–Crippen LogP) is 2.25. The Kier molecular flexibility index (Phi) is 8.64. The first-order valence-corrected chi connectivity index (χ1v) is 10.2. The van der Waals surface area contributed by atoms with Crippen LogP contribution in [0.4, 0.5) is 0 Å². The summed E-state index contributed by atoms with van der Waals surface area (Å²) in [5, 5.41) is 6.95. The molecule has 1 aromatic rings. The number of hydrogen-bond acceptors (Lipinski definition) is 5. The summed E-state index contributed by atoms with van der Waals surface area (Å²) in [6.45, 7) is 12.0. The van der Waals surface area contributed by atoms with Crippen LogP contribution in [0.2, 0.25) is 0 Å². The van der Waals surface area contributed by atoms with Crippen molar-refractivity contribution in [1.29, 1.82) is 0 Å². The van der Waals surface area contributed by atoms with Crippen LogP contribution in [-0.2, 0) is 11.3 Å². The predicted molar refractivity (Wildman–Crippen MR) is 105 cm³/mol. The molecule has 1 atom stereocenters. The monoisotopic (exact) mass is 367 g/mol. The van der Waals surface area contributed by atoms with Gasteiger partial charge in [0.25, 0.3) is 0 Å².